The Hall–Kier alpha value is -1.48. The van der Waals surface area contributed by atoms with Crippen molar-refractivity contribution in [2.75, 3.05) is 13.1 Å². The van der Waals surface area contributed by atoms with Crippen LogP contribution in [0, 0.1) is 5.92 Å². The van der Waals surface area contributed by atoms with E-state index in [4.69, 9.17) is 4.74 Å². The van der Waals surface area contributed by atoms with Gasteiger partial charge in [-0.25, -0.2) is 8.42 Å². The van der Waals surface area contributed by atoms with Crippen molar-refractivity contribution >= 4 is 15.7 Å². The number of ether oxygens (including phenoxy) is 1. The van der Waals surface area contributed by atoms with Gasteiger partial charge in [-0.3, -0.25) is 4.79 Å². The lowest BCUT2D eigenvalue weighted by atomic mass is 9.94. The van der Waals surface area contributed by atoms with Crippen molar-refractivity contribution in [3.05, 3.63) is 29.8 Å². The van der Waals surface area contributed by atoms with Crippen molar-refractivity contribution in [2.24, 2.45) is 5.92 Å². The van der Waals surface area contributed by atoms with Crippen LogP contribution in [0.1, 0.15) is 76.2 Å². The Bertz CT molecular complexity index is 947. The largest absolute Gasteiger partial charge is 0.374 e. The molecule has 5 rings (SSSR count). The smallest absolute Gasteiger partial charge is 0.237 e. The average molecular weight is 504 g/mol. The highest BCUT2D eigenvalue weighted by atomic mass is 32.2. The van der Waals surface area contributed by atoms with E-state index < -0.39 is 15.1 Å². The first kappa shape index (κ1) is 25.2. The number of carbonyl (C=O) groups excluding carboxylic acids is 1. The van der Waals surface area contributed by atoms with Crippen LogP contribution in [0.15, 0.2) is 29.2 Å². The van der Waals surface area contributed by atoms with Crippen molar-refractivity contribution in [2.45, 2.75) is 112 Å². The fourth-order valence-corrected chi connectivity index (χ4v) is 8.45. The first-order chi connectivity index (χ1) is 17.0. The molecule has 0 radical (unpaired) electrons. The molecule has 0 aromatic heterocycles. The van der Waals surface area contributed by atoms with Gasteiger partial charge in [0.25, 0.3) is 0 Å². The summed E-state index contributed by atoms with van der Waals surface area (Å²) in [5, 5.41) is 9.46. The number of sulfone groups is 1. The first-order valence-electron chi connectivity index (χ1n) is 13.7. The van der Waals surface area contributed by atoms with Crippen LogP contribution in [-0.2, 0) is 25.9 Å². The molecule has 1 amide bonds. The van der Waals surface area contributed by atoms with E-state index in [9.17, 15) is 13.2 Å². The van der Waals surface area contributed by atoms with Gasteiger partial charge >= 0.3 is 0 Å². The molecule has 1 aromatic rings. The first-order valence-corrected chi connectivity index (χ1v) is 15.3. The van der Waals surface area contributed by atoms with Crippen LogP contribution < -0.4 is 16.0 Å². The average Bonchev–Trinajstić information content (AvgIpc) is 3.33. The lowest BCUT2D eigenvalue weighted by Gasteiger charge is -2.35. The van der Waals surface area contributed by atoms with Gasteiger partial charge in [0.1, 0.15) is 0 Å². The molecule has 7 nitrogen and oxygen atoms in total. The van der Waals surface area contributed by atoms with Crippen LogP contribution in [0.4, 0.5) is 0 Å². The summed E-state index contributed by atoms with van der Waals surface area (Å²) in [6.45, 7) is 2.39. The molecule has 1 aromatic carbocycles. The third-order valence-electron chi connectivity index (χ3n) is 8.56. The minimum absolute atomic E-state index is 0.0287. The molecule has 8 heteroatoms. The predicted octanol–water partition coefficient (Wildman–Crippen LogP) is 3.08. The summed E-state index contributed by atoms with van der Waals surface area (Å²) in [5.41, 5.74) is 0.910. The number of fused-ring (bicyclic) bond motifs is 1. The summed E-state index contributed by atoms with van der Waals surface area (Å²) in [7, 11) is -3.46. The van der Waals surface area contributed by atoms with Crippen LogP contribution in [-0.4, -0.2) is 57.0 Å². The standard InChI is InChI=1S/C27H41N3O4S/c31-27(24-16-20-18-28-15-14-23(20)30-24)29-17-19-10-12-22(13-11-19)35(32,33)26-9-5-4-8-25(26)34-21-6-2-1-3-7-21/h10-13,20-21,23-26,28,30H,1-9,14-18H2,(H,29,31). The van der Waals surface area contributed by atoms with Crippen molar-refractivity contribution in [3.63, 3.8) is 0 Å². The molecule has 4 fully saturated rings. The second kappa shape index (κ2) is 11.3. The molecule has 2 saturated carbocycles. The highest BCUT2D eigenvalue weighted by Crippen LogP contribution is 2.34. The van der Waals surface area contributed by atoms with Crippen molar-refractivity contribution in [1.82, 2.24) is 16.0 Å². The minimum atomic E-state index is -3.46. The Morgan fingerprint density at radius 1 is 0.971 bits per heavy atom. The number of carbonyl (C=O) groups is 1. The number of hydrogen-bond donors (Lipinski definition) is 3. The topological polar surface area (TPSA) is 96.5 Å². The Labute approximate surface area is 210 Å². The van der Waals surface area contributed by atoms with Crippen LogP contribution >= 0.6 is 0 Å². The number of benzene rings is 1. The molecule has 0 spiro atoms. The summed E-state index contributed by atoms with van der Waals surface area (Å²) >= 11 is 0. The second-order valence-corrected chi connectivity index (χ2v) is 13.1. The molecule has 5 atom stereocenters. The van der Waals surface area contributed by atoms with Crippen molar-refractivity contribution in [1.29, 1.82) is 0 Å². The molecule has 4 aliphatic rings. The lowest BCUT2D eigenvalue weighted by Crippen LogP contribution is -2.45. The molecule has 2 heterocycles. The maximum absolute atomic E-state index is 13.6. The monoisotopic (exact) mass is 503 g/mol. The molecular formula is C27H41N3O4S. The maximum Gasteiger partial charge on any atom is 0.237 e. The highest BCUT2D eigenvalue weighted by Gasteiger charge is 2.39. The van der Waals surface area contributed by atoms with Gasteiger partial charge in [-0.15, -0.1) is 0 Å². The molecule has 35 heavy (non-hydrogen) atoms. The van der Waals surface area contributed by atoms with Gasteiger partial charge in [0.15, 0.2) is 9.84 Å². The van der Waals surface area contributed by atoms with Crippen LogP contribution in [0.3, 0.4) is 0 Å². The fraction of sp³-hybridized carbons (Fsp3) is 0.741. The fourth-order valence-electron chi connectivity index (χ4n) is 6.51. The normalized spacial score (nSPS) is 32.2. The van der Waals surface area contributed by atoms with Gasteiger partial charge in [-0.2, -0.15) is 0 Å². The number of hydrogen-bond acceptors (Lipinski definition) is 6. The van der Waals surface area contributed by atoms with Gasteiger partial charge in [0.05, 0.1) is 28.4 Å². The predicted molar refractivity (Wildman–Crippen MR) is 136 cm³/mol. The molecule has 2 aliphatic carbocycles. The third kappa shape index (κ3) is 5.92. The van der Waals surface area contributed by atoms with Gasteiger partial charge in [-0.05, 0) is 75.2 Å². The second-order valence-electron chi connectivity index (χ2n) is 11.0. The minimum Gasteiger partial charge on any atom is -0.374 e. The van der Waals surface area contributed by atoms with E-state index in [1.165, 1.54) is 19.3 Å². The summed E-state index contributed by atoms with van der Waals surface area (Å²) in [5.74, 6) is 0.552. The van der Waals surface area contributed by atoms with E-state index in [0.29, 0.717) is 29.8 Å². The Balaban J connectivity index is 1.17. The quantitative estimate of drug-likeness (QED) is 0.529. The molecule has 5 unspecified atom stereocenters. The lowest BCUT2D eigenvalue weighted by molar-refractivity contribution is -0.123. The SMILES string of the molecule is O=C(NCc1ccc(S(=O)(=O)C2CCCCC2OC2CCCCC2)cc1)C1CC2CNCCC2N1. The van der Waals surface area contributed by atoms with Gasteiger partial charge in [-0.1, -0.05) is 44.2 Å². The number of piperidine rings is 1. The summed E-state index contributed by atoms with van der Waals surface area (Å²) in [6.07, 6.45) is 11.2. The van der Waals surface area contributed by atoms with Gasteiger partial charge in [0.2, 0.25) is 5.91 Å². The molecule has 2 saturated heterocycles. The molecular weight excluding hydrogens is 462 g/mol. The van der Waals surface area contributed by atoms with E-state index in [2.05, 4.69) is 16.0 Å². The Kier molecular flexibility index (Phi) is 8.12. The molecule has 3 N–H and O–H groups in total. The zero-order valence-electron chi connectivity index (χ0n) is 20.7. The van der Waals surface area contributed by atoms with Crippen molar-refractivity contribution < 1.29 is 17.9 Å². The van der Waals surface area contributed by atoms with Crippen LogP contribution in [0.2, 0.25) is 0 Å². The summed E-state index contributed by atoms with van der Waals surface area (Å²) in [4.78, 5) is 13.1. The Morgan fingerprint density at radius 3 is 2.49 bits per heavy atom. The van der Waals surface area contributed by atoms with E-state index in [0.717, 1.165) is 63.6 Å². The van der Waals surface area contributed by atoms with E-state index in [1.807, 2.05) is 12.1 Å². The van der Waals surface area contributed by atoms with E-state index >= 15 is 0 Å². The Morgan fingerprint density at radius 2 is 1.71 bits per heavy atom. The number of amides is 1. The van der Waals surface area contributed by atoms with Crippen LogP contribution in [0.25, 0.3) is 0 Å². The van der Waals surface area contributed by atoms with Gasteiger partial charge < -0.3 is 20.7 Å². The third-order valence-corrected chi connectivity index (χ3v) is 10.8. The van der Waals surface area contributed by atoms with Gasteiger partial charge in [0, 0.05) is 12.6 Å². The maximum atomic E-state index is 13.6. The van der Waals surface area contributed by atoms with Crippen molar-refractivity contribution in [3.8, 4) is 0 Å². The molecule has 2 aliphatic heterocycles. The zero-order chi connectivity index (χ0) is 24.3. The highest BCUT2D eigenvalue weighted by molar-refractivity contribution is 7.92. The number of rotatable bonds is 7. The number of nitrogens with one attached hydrogen (secondary N) is 3. The summed E-state index contributed by atoms with van der Waals surface area (Å²) in [6, 6.07) is 7.37. The van der Waals surface area contributed by atoms with Crippen LogP contribution in [0.5, 0.6) is 0 Å². The zero-order valence-corrected chi connectivity index (χ0v) is 21.5. The van der Waals surface area contributed by atoms with E-state index in [-0.39, 0.29) is 24.2 Å². The summed E-state index contributed by atoms with van der Waals surface area (Å²) < 4.78 is 33.5. The molecule has 0 bridgehead atoms. The van der Waals surface area contributed by atoms with E-state index in [1.54, 1.807) is 12.1 Å². The molecule has 194 valence electrons.